The highest BCUT2D eigenvalue weighted by molar-refractivity contribution is 8.00. The van der Waals surface area contributed by atoms with Gasteiger partial charge in [0.15, 0.2) is 0 Å². The highest BCUT2D eigenvalue weighted by Gasteiger charge is 2.13. The molecule has 1 aromatic carbocycles. The summed E-state index contributed by atoms with van der Waals surface area (Å²) in [5.74, 6) is -2.19. The summed E-state index contributed by atoms with van der Waals surface area (Å²) in [6.45, 7) is 1.90. The first-order valence-corrected chi connectivity index (χ1v) is 5.56. The van der Waals surface area contributed by atoms with Crippen molar-refractivity contribution in [2.24, 2.45) is 0 Å². The lowest BCUT2D eigenvalue weighted by molar-refractivity contribution is -0.139. The van der Waals surface area contributed by atoms with Gasteiger partial charge >= 0.3 is 5.97 Å². The first kappa shape index (κ1) is 12.8. The molecule has 0 aliphatic rings. The van der Waals surface area contributed by atoms with E-state index < -0.39 is 17.6 Å². The molecule has 0 saturated carbocycles. The fraction of sp³-hybridized carbons (Fsp3) is 0.300. The van der Waals surface area contributed by atoms with Crippen molar-refractivity contribution in [2.45, 2.75) is 11.8 Å². The third-order valence-corrected chi connectivity index (χ3v) is 2.72. The van der Waals surface area contributed by atoms with Crippen molar-refractivity contribution in [2.75, 3.05) is 18.1 Å². The molecule has 0 spiro atoms. The van der Waals surface area contributed by atoms with Crippen LogP contribution in [0.2, 0.25) is 0 Å². The zero-order valence-corrected chi connectivity index (χ0v) is 9.44. The van der Waals surface area contributed by atoms with Gasteiger partial charge < -0.3 is 10.5 Å². The molecule has 0 unspecified atom stereocenters. The van der Waals surface area contributed by atoms with Crippen LogP contribution in [0.15, 0.2) is 17.0 Å². The van der Waals surface area contributed by atoms with E-state index in [9.17, 15) is 13.6 Å². The van der Waals surface area contributed by atoms with Crippen LogP contribution in [0.3, 0.4) is 0 Å². The molecule has 1 aromatic rings. The van der Waals surface area contributed by atoms with E-state index in [0.717, 1.165) is 23.9 Å². The van der Waals surface area contributed by atoms with Gasteiger partial charge in [-0.3, -0.25) is 4.79 Å². The van der Waals surface area contributed by atoms with Crippen LogP contribution in [0.5, 0.6) is 0 Å². The molecule has 0 heterocycles. The first-order chi connectivity index (χ1) is 7.54. The van der Waals surface area contributed by atoms with E-state index in [1.165, 1.54) is 0 Å². The number of halogens is 2. The Morgan fingerprint density at radius 2 is 2.00 bits per heavy atom. The number of nitrogens with two attached hydrogens (primary N) is 1. The quantitative estimate of drug-likeness (QED) is 0.503. The summed E-state index contributed by atoms with van der Waals surface area (Å²) in [7, 11) is 0. The van der Waals surface area contributed by atoms with E-state index in [4.69, 9.17) is 5.73 Å². The molecule has 0 fully saturated rings. The van der Waals surface area contributed by atoms with Gasteiger partial charge in [-0.05, 0) is 19.1 Å². The Kier molecular flexibility index (Phi) is 4.54. The van der Waals surface area contributed by atoms with Crippen LogP contribution in [-0.2, 0) is 9.53 Å². The largest absolute Gasteiger partial charge is 0.465 e. The second-order valence-corrected chi connectivity index (χ2v) is 3.89. The Hall–Kier alpha value is -1.30. The molecule has 0 aromatic heterocycles. The minimum atomic E-state index is -0.771. The molecule has 16 heavy (non-hydrogen) atoms. The second kappa shape index (κ2) is 5.69. The number of rotatable bonds is 4. The van der Waals surface area contributed by atoms with Crippen molar-refractivity contribution >= 4 is 23.4 Å². The van der Waals surface area contributed by atoms with Crippen molar-refractivity contribution in [1.29, 1.82) is 0 Å². The maximum atomic E-state index is 13.3. The van der Waals surface area contributed by atoms with Gasteiger partial charge in [0.2, 0.25) is 0 Å². The average Bonchev–Trinajstić information content (AvgIpc) is 2.16. The lowest BCUT2D eigenvalue weighted by Gasteiger charge is -2.05. The highest BCUT2D eigenvalue weighted by Crippen LogP contribution is 2.27. The zero-order valence-electron chi connectivity index (χ0n) is 8.63. The zero-order chi connectivity index (χ0) is 12.1. The molecule has 0 amide bonds. The van der Waals surface area contributed by atoms with Crippen LogP contribution >= 0.6 is 11.8 Å². The van der Waals surface area contributed by atoms with Gasteiger partial charge in [0.25, 0.3) is 0 Å². The summed E-state index contributed by atoms with van der Waals surface area (Å²) in [5, 5.41) is 0. The van der Waals surface area contributed by atoms with Crippen molar-refractivity contribution < 1.29 is 18.3 Å². The number of hydrogen-bond acceptors (Lipinski definition) is 4. The minimum Gasteiger partial charge on any atom is -0.465 e. The van der Waals surface area contributed by atoms with Crippen LogP contribution in [0.1, 0.15) is 6.92 Å². The van der Waals surface area contributed by atoms with Crippen molar-refractivity contribution in [1.82, 2.24) is 0 Å². The van der Waals surface area contributed by atoms with Gasteiger partial charge in [0, 0.05) is 5.69 Å². The number of thioether (sulfide) groups is 1. The summed E-state index contributed by atoms with van der Waals surface area (Å²) < 4.78 is 31.1. The number of ether oxygens (including phenoxy) is 1. The number of carbonyl (C=O) groups is 1. The molecule has 0 radical (unpaired) electrons. The van der Waals surface area contributed by atoms with Crippen molar-refractivity contribution in [3.8, 4) is 0 Å². The van der Waals surface area contributed by atoms with Gasteiger partial charge in [-0.2, -0.15) is 0 Å². The van der Waals surface area contributed by atoms with Crippen LogP contribution in [0.4, 0.5) is 14.5 Å². The molecule has 0 saturated heterocycles. The molecule has 6 heteroatoms. The SMILES string of the molecule is CCOC(=O)CSc1c(F)cc(N)cc1F. The number of esters is 1. The fourth-order valence-electron chi connectivity index (χ4n) is 1.05. The molecule has 0 bridgehead atoms. The summed E-state index contributed by atoms with van der Waals surface area (Å²) in [5.41, 5.74) is 5.26. The van der Waals surface area contributed by atoms with Gasteiger partial charge in [-0.1, -0.05) is 0 Å². The third-order valence-electron chi connectivity index (χ3n) is 1.66. The summed E-state index contributed by atoms with van der Waals surface area (Å²) in [6.07, 6.45) is 0. The van der Waals surface area contributed by atoms with Crippen molar-refractivity contribution in [3.63, 3.8) is 0 Å². The number of hydrogen-bond donors (Lipinski definition) is 1. The fourth-order valence-corrected chi connectivity index (χ4v) is 1.79. The van der Waals surface area contributed by atoms with Crippen LogP contribution in [0.25, 0.3) is 0 Å². The Morgan fingerprint density at radius 1 is 1.44 bits per heavy atom. The predicted octanol–water partition coefficient (Wildman–Crippen LogP) is 2.20. The molecule has 0 atom stereocenters. The van der Waals surface area contributed by atoms with Gasteiger partial charge in [0.05, 0.1) is 17.3 Å². The Labute approximate surface area is 96.0 Å². The molecular weight excluding hydrogens is 236 g/mol. The molecule has 1 rings (SSSR count). The van der Waals surface area contributed by atoms with E-state index in [1.807, 2.05) is 0 Å². The van der Waals surface area contributed by atoms with Crippen LogP contribution in [-0.4, -0.2) is 18.3 Å². The number of carbonyl (C=O) groups excluding carboxylic acids is 1. The lowest BCUT2D eigenvalue weighted by Crippen LogP contribution is -2.07. The Bertz CT molecular complexity index is 375. The molecule has 2 N–H and O–H groups in total. The maximum absolute atomic E-state index is 13.3. The first-order valence-electron chi connectivity index (χ1n) is 4.57. The lowest BCUT2D eigenvalue weighted by atomic mass is 10.3. The topological polar surface area (TPSA) is 52.3 Å². The number of nitrogen functional groups attached to an aromatic ring is 1. The van der Waals surface area contributed by atoms with Crippen LogP contribution in [0, 0.1) is 11.6 Å². The molecule has 0 aliphatic heterocycles. The maximum Gasteiger partial charge on any atom is 0.316 e. The van der Waals surface area contributed by atoms with E-state index in [-0.39, 0.29) is 22.9 Å². The van der Waals surface area contributed by atoms with E-state index in [0.29, 0.717) is 0 Å². The molecule has 3 nitrogen and oxygen atoms in total. The monoisotopic (exact) mass is 247 g/mol. The normalized spacial score (nSPS) is 10.2. The van der Waals surface area contributed by atoms with Gasteiger partial charge in [-0.25, -0.2) is 8.78 Å². The van der Waals surface area contributed by atoms with Crippen LogP contribution < -0.4 is 5.73 Å². The number of benzene rings is 1. The average molecular weight is 247 g/mol. The molecular formula is C10H11F2NO2S. The summed E-state index contributed by atoms with van der Waals surface area (Å²) in [4.78, 5) is 10.8. The van der Waals surface area contributed by atoms with E-state index in [2.05, 4.69) is 4.74 Å². The molecule has 88 valence electrons. The summed E-state index contributed by atoms with van der Waals surface area (Å²) >= 11 is 0.750. The predicted molar refractivity (Wildman–Crippen MR) is 58.1 cm³/mol. The van der Waals surface area contributed by atoms with Gasteiger partial charge in [-0.15, -0.1) is 11.8 Å². The summed E-state index contributed by atoms with van der Waals surface area (Å²) in [6, 6.07) is 2.02. The van der Waals surface area contributed by atoms with Crippen molar-refractivity contribution in [3.05, 3.63) is 23.8 Å². The van der Waals surface area contributed by atoms with E-state index in [1.54, 1.807) is 6.92 Å². The Balaban J connectivity index is 2.70. The molecule has 0 aliphatic carbocycles. The highest BCUT2D eigenvalue weighted by atomic mass is 32.2. The smallest absolute Gasteiger partial charge is 0.316 e. The Morgan fingerprint density at radius 3 is 2.50 bits per heavy atom. The standard InChI is InChI=1S/C10H11F2NO2S/c1-2-15-9(14)5-16-10-7(11)3-6(13)4-8(10)12/h3-4H,2,5,13H2,1H3. The van der Waals surface area contributed by atoms with Gasteiger partial charge in [0.1, 0.15) is 11.6 Å². The second-order valence-electron chi connectivity index (χ2n) is 2.91. The third kappa shape index (κ3) is 3.37. The van der Waals surface area contributed by atoms with E-state index >= 15 is 0 Å². The number of anilines is 1. The minimum absolute atomic E-state index is 0.00971.